The summed E-state index contributed by atoms with van der Waals surface area (Å²) in [6.07, 6.45) is 0. The zero-order valence-electron chi connectivity index (χ0n) is 8.74. The second-order valence-corrected chi connectivity index (χ2v) is 3.71. The number of hydrogen-bond acceptors (Lipinski definition) is 4. The third-order valence-electron chi connectivity index (χ3n) is 2.12. The number of esters is 1. The number of thiophene rings is 1. The van der Waals surface area contributed by atoms with Gasteiger partial charge in [0.05, 0.1) is 12.8 Å². The highest BCUT2D eigenvalue weighted by molar-refractivity contribution is 7.12. The number of carbonyl (C=O) groups excluding carboxylic acids is 1. The third-order valence-corrected chi connectivity index (χ3v) is 3.00. The predicted octanol–water partition coefficient (Wildman–Crippen LogP) is 2.38. The van der Waals surface area contributed by atoms with E-state index < -0.39 is 0 Å². The lowest BCUT2D eigenvalue weighted by molar-refractivity contribution is 0.0607. The fourth-order valence-electron chi connectivity index (χ4n) is 1.36. The van der Waals surface area contributed by atoms with Crippen molar-refractivity contribution in [1.29, 1.82) is 0 Å². The Labute approximate surface area is 88.3 Å². The quantitative estimate of drug-likeness (QED) is 0.719. The van der Waals surface area contributed by atoms with Gasteiger partial charge in [-0.1, -0.05) is 0 Å². The van der Waals surface area contributed by atoms with Gasteiger partial charge in [0.15, 0.2) is 0 Å². The van der Waals surface area contributed by atoms with Crippen LogP contribution in [0.5, 0.6) is 0 Å². The van der Waals surface area contributed by atoms with E-state index in [9.17, 15) is 4.79 Å². The Balaban J connectivity index is 2.96. The Morgan fingerprint density at radius 1 is 1.50 bits per heavy atom. The molecule has 1 rings (SSSR count). The van der Waals surface area contributed by atoms with Gasteiger partial charge in [-0.3, -0.25) is 0 Å². The number of anilines is 1. The van der Waals surface area contributed by atoms with Gasteiger partial charge in [0.1, 0.15) is 4.88 Å². The molecule has 0 aliphatic rings. The molecule has 14 heavy (non-hydrogen) atoms. The molecular formula is C10H15NO2S. The summed E-state index contributed by atoms with van der Waals surface area (Å²) in [6, 6.07) is 1.96. The fraction of sp³-hybridized carbons (Fsp3) is 0.500. The second kappa shape index (κ2) is 5.00. The molecule has 0 unspecified atom stereocenters. The molecule has 0 aliphatic heterocycles. The van der Waals surface area contributed by atoms with Gasteiger partial charge in [0, 0.05) is 13.1 Å². The van der Waals surface area contributed by atoms with Crippen molar-refractivity contribution in [3.8, 4) is 0 Å². The molecule has 0 fully saturated rings. The molecule has 0 spiro atoms. The van der Waals surface area contributed by atoms with Crippen LogP contribution in [0.15, 0.2) is 11.4 Å². The minimum atomic E-state index is -0.248. The third kappa shape index (κ3) is 2.07. The summed E-state index contributed by atoms with van der Waals surface area (Å²) in [5.41, 5.74) is 0.979. The summed E-state index contributed by atoms with van der Waals surface area (Å²) in [5.74, 6) is -0.248. The molecule has 0 atom stereocenters. The van der Waals surface area contributed by atoms with Gasteiger partial charge in [-0.2, -0.15) is 0 Å². The Kier molecular flexibility index (Phi) is 3.95. The Morgan fingerprint density at radius 2 is 2.14 bits per heavy atom. The van der Waals surface area contributed by atoms with E-state index in [0.717, 1.165) is 18.8 Å². The topological polar surface area (TPSA) is 29.5 Å². The molecule has 1 heterocycles. The van der Waals surface area contributed by atoms with Gasteiger partial charge in [-0.25, -0.2) is 4.79 Å². The van der Waals surface area contributed by atoms with E-state index >= 15 is 0 Å². The van der Waals surface area contributed by atoms with Crippen LogP contribution < -0.4 is 4.90 Å². The van der Waals surface area contributed by atoms with Gasteiger partial charge >= 0.3 is 5.97 Å². The van der Waals surface area contributed by atoms with Crippen molar-refractivity contribution in [3.63, 3.8) is 0 Å². The van der Waals surface area contributed by atoms with Gasteiger partial charge in [-0.15, -0.1) is 11.3 Å². The molecule has 78 valence electrons. The van der Waals surface area contributed by atoms with Crippen molar-refractivity contribution >= 4 is 23.0 Å². The summed E-state index contributed by atoms with van der Waals surface area (Å²) in [5, 5.41) is 1.92. The van der Waals surface area contributed by atoms with E-state index in [0.29, 0.717) is 4.88 Å². The molecule has 1 aromatic heterocycles. The highest BCUT2D eigenvalue weighted by atomic mass is 32.1. The molecular weight excluding hydrogens is 198 g/mol. The fourth-order valence-corrected chi connectivity index (χ4v) is 2.19. The van der Waals surface area contributed by atoms with E-state index in [2.05, 4.69) is 18.7 Å². The smallest absolute Gasteiger partial charge is 0.350 e. The maximum atomic E-state index is 11.4. The van der Waals surface area contributed by atoms with Crippen LogP contribution in [0.1, 0.15) is 23.5 Å². The Hall–Kier alpha value is -1.03. The summed E-state index contributed by atoms with van der Waals surface area (Å²) in [4.78, 5) is 14.2. The maximum Gasteiger partial charge on any atom is 0.350 e. The van der Waals surface area contributed by atoms with Crippen LogP contribution in [0.4, 0.5) is 5.69 Å². The predicted molar refractivity (Wildman–Crippen MR) is 59.2 cm³/mol. The minimum absolute atomic E-state index is 0.248. The van der Waals surface area contributed by atoms with Gasteiger partial charge in [0.2, 0.25) is 0 Å². The van der Waals surface area contributed by atoms with Crippen molar-refractivity contribution in [2.24, 2.45) is 0 Å². The molecule has 0 bridgehead atoms. The van der Waals surface area contributed by atoms with Crippen LogP contribution in [0, 0.1) is 0 Å². The SMILES string of the molecule is CCN(CC)c1ccsc1C(=O)OC. The van der Waals surface area contributed by atoms with E-state index in [1.54, 1.807) is 0 Å². The van der Waals surface area contributed by atoms with Crippen molar-refractivity contribution in [2.75, 3.05) is 25.1 Å². The summed E-state index contributed by atoms with van der Waals surface area (Å²) >= 11 is 1.43. The standard InChI is InChI=1S/C10H15NO2S/c1-4-11(5-2)8-6-7-14-9(8)10(12)13-3/h6-7H,4-5H2,1-3H3. The lowest BCUT2D eigenvalue weighted by Crippen LogP contribution is -2.23. The number of nitrogens with zero attached hydrogens (tertiary/aromatic N) is 1. The first-order valence-electron chi connectivity index (χ1n) is 4.65. The molecule has 0 saturated heterocycles. The van der Waals surface area contributed by atoms with Crippen molar-refractivity contribution in [1.82, 2.24) is 0 Å². The van der Waals surface area contributed by atoms with Crippen LogP contribution in [-0.4, -0.2) is 26.2 Å². The minimum Gasteiger partial charge on any atom is -0.465 e. The van der Waals surface area contributed by atoms with Crippen molar-refractivity contribution < 1.29 is 9.53 Å². The van der Waals surface area contributed by atoms with Gasteiger partial charge < -0.3 is 9.64 Å². The van der Waals surface area contributed by atoms with Crippen LogP contribution in [0.25, 0.3) is 0 Å². The largest absolute Gasteiger partial charge is 0.465 e. The molecule has 3 nitrogen and oxygen atoms in total. The number of rotatable bonds is 4. The van der Waals surface area contributed by atoms with Crippen LogP contribution in [0.2, 0.25) is 0 Å². The van der Waals surface area contributed by atoms with Gasteiger partial charge in [0.25, 0.3) is 0 Å². The molecule has 0 aromatic carbocycles. The highest BCUT2D eigenvalue weighted by Gasteiger charge is 2.16. The number of ether oxygens (including phenoxy) is 1. The van der Waals surface area contributed by atoms with E-state index in [-0.39, 0.29) is 5.97 Å². The first kappa shape index (κ1) is 11.0. The van der Waals surface area contributed by atoms with Crippen LogP contribution in [0.3, 0.4) is 0 Å². The Morgan fingerprint density at radius 3 is 2.64 bits per heavy atom. The summed E-state index contributed by atoms with van der Waals surface area (Å²) in [7, 11) is 1.41. The number of hydrogen-bond donors (Lipinski definition) is 0. The summed E-state index contributed by atoms with van der Waals surface area (Å²) in [6.45, 7) is 5.94. The van der Waals surface area contributed by atoms with E-state index in [1.165, 1.54) is 18.4 Å². The molecule has 4 heteroatoms. The van der Waals surface area contributed by atoms with Crippen molar-refractivity contribution in [2.45, 2.75) is 13.8 Å². The first-order valence-corrected chi connectivity index (χ1v) is 5.53. The number of carbonyl (C=O) groups is 1. The zero-order chi connectivity index (χ0) is 10.6. The van der Waals surface area contributed by atoms with Crippen LogP contribution in [-0.2, 0) is 4.74 Å². The average Bonchev–Trinajstić information content (AvgIpc) is 2.68. The van der Waals surface area contributed by atoms with Crippen molar-refractivity contribution in [3.05, 3.63) is 16.3 Å². The molecule has 0 saturated carbocycles. The normalized spacial score (nSPS) is 9.93. The molecule has 0 N–H and O–H groups in total. The monoisotopic (exact) mass is 213 g/mol. The number of methoxy groups -OCH3 is 1. The zero-order valence-corrected chi connectivity index (χ0v) is 9.56. The molecule has 0 aliphatic carbocycles. The molecule has 0 radical (unpaired) electrons. The Bertz CT molecular complexity index is 305. The second-order valence-electron chi connectivity index (χ2n) is 2.80. The molecule has 0 amide bonds. The van der Waals surface area contributed by atoms with E-state index in [4.69, 9.17) is 4.74 Å². The van der Waals surface area contributed by atoms with Gasteiger partial charge in [-0.05, 0) is 25.3 Å². The van der Waals surface area contributed by atoms with E-state index in [1.807, 2.05) is 11.4 Å². The molecule has 1 aromatic rings. The average molecular weight is 213 g/mol. The highest BCUT2D eigenvalue weighted by Crippen LogP contribution is 2.26. The summed E-state index contributed by atoms with van der Waals surface area (Å²) < 4.78 is 4.72. The first-order chi connectivity index (χ1) is 6.74. The lowest BCUT2D eigenvalue weighted by atomic mass is 10.3. The maximum absolute atomic E-state index is 11.4. The lowest BCUT2D eigenvalue weighted by Gasteiger charge is -2.20. The van der Waals surface area contributed by atoms with Crippen LogP contribution >= 0.6 is 11.3 Å².